The molecule has 0 aliphatic heterocycles. The zero-order valence-electron chi connectivity index (χ0n) is 20.9. The van der Waals surface area contributed by atoms with Gasteiger partial charge in [0.25, 0.3) is 0 Å². The predicted molar refractivity (Wildman–Crippen MR) is 135 cm³/mol. The number of carboxylic acid groups (broad SMARTS) is 1. The fraction of sp³-hybridized carbons (Fsp3) is 0.393. The van der Waals surface area contributed by atoms with E-state index in [1.165, 1.54) is 11.1 Å². The molecule has 0 amide bonds. The largest absolute Gasteiger partial charge is 0.490 e. The van der Waals surface area contributed by atoms with Crippen molar-refractivity contribution in [3.8, 4) is 11.5 Å². The molecule has 1 aromatic heterocycles. The standard InChI is InChI=1S/C28H36N2O4/c1-6-33-25-12-11-22(16-26(25)34-7-2)13-14-29-17-24-20(4)30(21(5)27(24)28(31)32)18-23-10-8-9-19(3)15-23/h8-12,15-16,29H,6-7,13-14,17-18H2,1-5H3,(H,31,32). The Morgan fingerprint density at radius 3 is 2.35 bits per heavy atom. The van der Waals surface area contributed by atoms with Crippen LogP contribution in [-0.4, -0.2) is 35.4 Å². The smallest absolute Gasteiger partial charge is 0.337 e. The van der Waals surface area contributed by atoms with E-state index in [1.807, 2.05) is 52.0 Å². The van der Waals surface area contributed by atoms with Crippen LogP contribution >= 0.6 is 0 Å². The Bertz CT molecular complexity index is 1130. The normalized spacial score (nSPS) is 11.0. The van der Waals surface area contributed by atoms with Crippen molar-refractivity contribution >= 4 is 5.97 Å². The minimum absolute atomic E-state index is 0.400. The van der Waals surface area contributed by atoms with Gasteiger partial charge in [-0.25, -0.2) is 4.79 Å². The van der Waals surface area contributed by atoms with Gasteiger partial charge in [0.2, 0.25) is 0 Å². The Morgan fingerprint density at radius 1 is 0.941 bits per heavy atom. The number of aromatic carboxylic acids is 1. The lowest BCUT2D eigenvalue weighted by Crippen LogP contribution is -2.19. The van der Waals surface area contributed by atoms with Crippen LogP contribution in [0.1, 0.15) is 57.8 Å². The Kier molecular flexibility index (Phi) is 8.77. The van der Waals surface area contributed by atoms with Crippen molar-refractivity contribution in [3.63, 3.8) is 0 Å². The number of hydrogen-bond donors (Lipinski definition) is 2. The lowest BCUT2D eigenvalue weighted by molar-refractivity contribution is 0.0694. The molecule has 6 heteroatoms. The molecule has 34 heavy (non-hydrogen) atoms. The summed E-state index contributed by atoms with van der Waals surface area (Å²) in [5, 5.41) is 13.4. The second-order valence-corrected chi connectivity index (χ2v) is 8.48. The second-order valence-electron chi connectivity index (χ2n) is 8.48. The first-order valence-corrected chi connectivity index (χ1v) is 11.9. The molecule has 2 aromatic carbocycles. The molecule has 0 spiro atoms. The average Bonchev–Trinajstić information content (AvgIpc) is 3.03. The number of aromatic nitrogens is 1. The molecule has 0 atom stereocenters. The van der Waals surface area contributed by atoms with E-state index in [9.17, 15) is 9.90 Å². The number of ether oxygens (including phenoxy) is 2. The van der Waals surface area contributed by atoms with Crippen molar-refractivity contribution in [2.24, 2.45) is 0 Å². The lowest BCUT2D eigenvalue weighted by atomic mass is 10.1. The molecule has 3 rings (SSSR count). The molecule has 1 heterocycles. The number of hydrogen-bond acceptors (Lipinski definition) is 4. The zero-order chi connectivity index (χ0) is 24.7. The van der Waals surface area contributed by atoms with Crippen LogP contribution in [0.15, 0.2) is 42.5 Å². The molecule has 3 aromatic rings. The van der Waals surface area contributed by atoms with Crippen LogP contribution < -0.4 is 14.8 Å². The Morgan fingerprint density at radius 2 is 1.68 bits per heavy atom. The summed E-state index contributed by atoms with van der Waals surface area (Å²) in [6.07, 6.45) is 0.802. The first-order chi connectivity index (χ1) is 16.3. The fourth-order valence-corrected chi connectivity index (χ4v) is 4.38. The highest BCUT2D eigenvalue weighted by molar-refractivity contribution is 5.91. The van der Waals surface area contributed by atoms with E-state index in [0.29, 0.717) is 31.9 Å². The lowest BCUT2D eigenvalue weighted by Gasteiger charge is -2.13. The van der Waals surface area contributed by atoms with Gasteiger partial charge in [-0.2, -0.15) is 0 Å². The topological polar surface area (TPSA) is 72.7 Å². The zero-order valence-corrected chi connectivity index (χ0v) is 20.9. The molecule has 0 bridgehead atoms. The quantitative estimate of drug-likeness (QED) is 0.356. The first-order valence-electron chi connectivity index (χ1n) is 11.9. The second kappa shape index (κ2) is 11.7. The van der Waals surface area contributed by atoms with Crippen LogP contribution in [-0.2, 0) is 19.5 Å². The molecule has 6 nitrogen and oxygen atoms in total. The van der Waals surface area contributed by atoms with Crippen LogP contribution in [0.4, 0.5) is 0 Å². The number of nitrogens with zero attached hydrogens (tertiary/aromatic N) is 1. The summed E-state index contributed by atoms with van der Waals surface area (Å²) in [5.74, 6) is 0.635. The highest BCUT2D eigenvalue weighted by atomic mass is 16.5. The monoisotopic (exact) mass is 464 g/mol. The number of aryl methyl sites for hydroxylation is 1. The summed E-state index contributed by atoms with van der Waals surface area (Å²) in [5.41, 5.74) is 6.53. The predicted octanol–water partition coefficient (Wildman–Crippen LogP) is 5.29. The number of carboxylic acids is 1. The van der Waals surface area contributed by atoms with Crippen molar-refractivity contribution in [3.05, 3.63) is 81.7 Å². The number of benzene rings is 2. The van der Waals surface area contributed by atoms with Gasteiger partial charge in [-0.05, 0) is 70.8 Å². The van der Waals surface area contributed by atoms with Gasteiger partial charge in [0, 0.05) is 30.0 Å². The summed E-state index contributed by atoms with van der Waals surface area (Å²) in [6.45, 7) is 12.9. The maximum Gasteiger partial charge on any atom is 0.337 e. The summed E-state index contributed by atoms with van der Waals surface area (Å²) < 4.78 is 13.5. The van der Waals surface area contributed by atoms with Gasteiger partial charge in [-0.1, -0.05) is 35.9 Å². The van der Waals surface area contributed by atoms with Gasteiger partial charge < -0.3 is 24.5 Å². The number of rotatable bonds is 12. The van der Waals surface area contributed by atoms with Gasteiger partial charge in [-0.15, -0.1) is 0 Å². The van der Waals surface area contributed by atoms with Gasteiger partial charge in [0.15, 0.2) is 11.5 Å². The molecule has 182 valence electrons. The summed E-state index contributed by atoms with van der Waals surface area (Å²) in [6, 6.07) is 14.3. The average molecular weight is 465 g/mol. The SMILES string of the molecule is CCOc1ccc(CCNCc2c(C(=O)O)c(C)n(Cc3cccc(C)c3)c2C)cc1OCC. The molecule has 0 fully saturated rings. The van der Waals surface area contributed by atoms with Crippen LogP contribution in [0.5, 0.6) is 11.5 Å². The molecule has 0 saturated heterocycles. The van der Waals surface area contributed by atoms with E-state index < -0.39 is 5.97 Å². The third kappa shape index (κ3) is 6.00. The van der Waals surface area contributed by atoms with Crippen molar-refractivity contribution in [2.45, 2.75) is 54.1 Å². The van der Waals surface area contributed by atoms with Gasteiger partial charge in [-0.3, -0.25) is 0 Å². The highest BCUT2D eigenvalue weighted by Gasteiger charge is 2.22. The Labute approximate surface area is 202 Å². The molecular weight excluding hydrogens is 428 g/mol. The van der Waals surface area contributed by atoms with E-state index in [2.05, 4.69) is 35.0 Å². The third-order valence-electron chi connectivity index (χ3n) is 6.05. The van der Waals surface area contributed by atoms with Crippen LogP contribution in [0, 0.1) is 20.8 Å². The summed E-state index contributed by atoms with van der Waals surface area (Å²) in [7, 11) is 0. The molecule has 2 N–H and O–H groups in total. The van der Waals surface area contributed by atoms with E-state index in [0.717, 1.165) is 47.0 Å². The van der Waals surface area contributed by atoms with Gasteiger partial charge >= 0.3 is 5.97 Å². The van der Waals surface area contributed by atoms with E-state index >= 15 is 0 Å². The highest BCUT2D eigenvalue weighted by Crippen LogP contribution is 2.29. The first kappa shape index (κ1) is 25.4. The minimum Gasteiger partial charge on any atom is -0.490 e. The van der Waals surface area contributed by atoms with Crippen LogP contribution in [0.2, 0.25) is 0 Å². The fourth-order valence-electron chi connectivity index (χ4n) is 4.38. The Hall–Kier alpha value is -3.25. The van der Waals surface area contributed by atoms with Crippen molar-refractivity contribution < 1.29 is 19.4 Å². The van der Waals surface area contributed by atoms with Crippen molar-refractivity contribution in [1.82, 2.24) is 9.88 Å². The van der Waals surface area contributed by atoms with Gasteiger partial charge in [0.1, 0.15) is 0 Å². The molecule has 0 aliphatic rings. The van der Waals surface area contributed by atoms with E-state index in [4.69, 9.17) is 9.47 Å². The van der Waals surface area contributed by atoms with Crippen LogP contribution in [0.3, 0.4) is 0 Å². The number of nitrogens with one attached hydrogen (secondary N) is 1. The van der Waals surface area contributed by atoms with Crippen molar-refractivity contribution in [2.75, 3.05) is 19.8 Å². The number of carbonyl (C=O) groups is 1. The Balaban J connectivity index is 1.71. The molecule has 0 unspecified atom stereocenters. The molecule has 0 aliphatic carbocycles. The third-order valence-corrected chi connectivity index (χ3v) is 6.05. The minimum atomic E-state index is -0.881. The molecule has 0 radical (unpaired) electrons. The van der Waals surface area contributed by atoms with E-state index in [1.54, 1.807) is 0 Å². The maximum atomic E-state index is 12.1. The van der Waals surface area contributed by atoms with E-state index in [-0.39, 0.29) is 0 Å². The molecule has 0 saturated carbocycles. The van der Waals surface area contributed by atoms with Gasteiger partial charge in [0.05, 0.1) is 18.8 Å². The van der Waals surface area contributed by atoms with Crippen molar-refractivity contribution in [1.29, 1.82) is 0 Å². The summed E-state index contributed by atoms with van der Waals surface area (Å²) in [4.78, 5) is 12.1. The van der Waals surface area contributed by atoms with Crippen LogP contribution in [0.25, 0.3) is 0 Å². The molecular formula is C28H36N2O4. The maximum absolute atomic E-state index is 12.1. The summed E-state index contributed by atoms with van der Waals surface area (Å²) >= 11 is 0.